The molecule has 0 amide bonds. The molecule has 1 atom stereocenters. The highest BCUT2D eigenvalue weighted by molar-refractivity contribution is 5.50. The third-order valence-corrected chi connectivity index (χ3v) is 4.02. The molecule has 0 aliphatic carbocycles. The highest BCUT2D eigenvalue weighted by Gasteiger charge is 2.31. The zero-order chi connectivity index (χ0) is 18.6. The summed E-state index contributed by atoms with van der Waals surface area (Å²) in [6, 6.07) is 7.83. The molecule has 134 valence electrons. The van der Waals surface area contributed by atoms with E-state index in [0.717, 1.165) is 5.56 Å². The number of hydrogen-bond donors (Lipinski definition) is 0. The molecular formula is C19H18F5N. The van der Waals surface area contributed by atoms with Crippen LogP contribution in [-0.2, 0) is 0 Å². The quantitative estimate of drug-likeness (QED) is 0.377. The standard InChI is InChI=1S/C19H18F5N/c1-3-25(4-2)13(11-10-12-8-6-5-7-9-12)14-15(20)17(22)19(24)18(23)16(14)21/h5-11,13H,3-4H2,1-2H3/b11-10+. The maximum atomic E-state index is 14.2. The normalized spacial score (nSPS) is 13.0. The summed E-state index contributed by atoms with van der Waals surface area (Å²) in [5, 5.41) is 0. The van der Waals surface area contributed by atoms with Crippen LogP contribution in [0.3, 0.4) is 0 Å². The van der Waals surface area contributed by atoms with Crippen molar-refractivity contribution in [3.63, 3.8) is 0 Å². The van der Waals surface area contributed by atoms with Gasteiger partial charge in [-0.3, -0.25) is 4.90 Å². The van der Waals surface area contributed by atoms with Crippen molar-refractivity contribution in [2.45, 2.75) is 19.9 Å². The fraction of sp³-hybridized carbons (Fsp3) is 0.263. The first-order chi connectivity index (χ1) is 11.9. The largest absolute Gasteiger partial charge is 0.293 e. The van der Waals surface area contributed by atoms with Crippen molar-refractivity contribution < 1.29 is 22.0 Å². The SMILES string of the molecule is CCN(CC)C(/C=C/c1ccccc1)c1c(F)c(F)c(F)c(F)c1F. The van der Waals surface area contributed by atoms with Gasteiger partial charge in [0.2, 0.25) is 5.82 Å². The molecule has 0 N–H and O–H groups in total. The molecule has 0 saturated carbocycles. The van der Waals surface area contributed by atoms with E-state index in [9.17, 15) is 22.0 Å². The molecule has 6 heteroatoms. The Balaban J connectivity index is 2.59. The second-order valence-corrected chi connectivity index (χ2v) is 5.42. The molecule has 1 nitrogen and oxygen atoms in total. The maximum Gasteiger partial charge on any atom is 0.200 e. The van der Waals surface area contributed by atoms with Crippen molar-refractivity contribution in [3.05, 3.63) is 76.6 Å². The lowest BCUT2D eigenvalue weighted by atomic mass is 10.0. The van der Waals surface area contributed by atoms with Crippen LogP contribution in [0.25, 0.3) is 6.08 Å². The van der Waals surface area contributed by atoms with Crippen LogP contribution >= 0.6 is 0 Å². The van der Waals surface area contributed by atoms with Gasteiger partial charge in [-0.1, -0.05) is 56.3 Å². The summed E-state index contributed by atoms with van der Waals surface area (Å²) in [5.41, 5.74) is -0.0872. The van der Waals surface area contributed by atoms with E-state index in [4.69, 9.17) is 0 Å². The minimum atomic E-state index is -2.15. The van der Waals surface area contributed by atoms with Crippen molar-refractivity contribution in [2.75, 3.05) is 13.1 Å². The summed E-state index contributed by atoms with van der Waals surface area (Å²) in [7, 11) is 0. The van der Waals surface area contributed by atoms with Crippen LogP contribution in [0.4, 0.5) is 22.0 Å². The highest BCUT2D eigenvalue weighted by Crippen LogP contribution is 2.32. The molecule has 0 radical (unpaired) electrons. The Morgan fingerprint density at radius 2 is 1.28 bits per heavy atom. The van der Waals surface area contributed by atoms with Crippen LogP contribution in [0.1, 0.15) is 31.0 Å². The number of halogens is 5. The number of likely N-dealkylation sites (N-methyl/N-ethyl adjacent to an activating group) is 1. The lowest BCUT2D eigenvalue weighted by molar-refractivity contribution is 0.240. The smallest absolute Gasteiger partial charge is 0.200 e. The van der Waals surface area contributed by atoms with Gasteiger partial charge in [-0.05, 0) is 18.7 Å². The first kappa shape index (κ1) is 19.1. The van der Waals surface area contributed by atoms with E-state index < -0.39 is 40.7 Å². The molecule has 2 aromatic carbocycles. The highest BCUT2D eigenvalue weighted by atomic mass is 19.2. The van der Waals surface area contributed by atoms with Crippen molar-refractivity contribution >= 4 is 6.08 Å². The summed E-state index contributed by atoms with van der Waals surface area (Å²) in [6.45, 7) is 4.25. The lowest BCUT2D eigenvalue weighted by Crippen LogP contribution is -2.29. The predicted octanol–water partition coefficient (Wildman–Crippen LogP) is 5.48. The summed E-state index contributed by atoms with van der Waals surface area (Å²) in [4.78, 5) is 1.61. The molecule has 0 fully saturated rings. The van der Waals surface area contributed by atoms with E-state index in [1.807, 2.05) is 6.07 Å². The molecular weight excluding hydrogens is 337 g/mol. The Bertz CT molecular complexity index is 725. The Labute approximate surface area is 143 Å². The Kier molecular flexibility index (Phi) is 6.31. The lowest BCUT2D eigenvalue weighted by Gasteiger charge is -2.28. The van der Waals surface area contributed by atoms with E-state index in [2.05, 4.69) is 0 Å². The van der Waals surface area contributed by atoms with Gasteiger partial charge in [-0.15, -0.1) is 0 Å². The molecule has 0 aromatic heterocycles. The van der Waals surface area contributed by atoms with E-state index in [0.29, 0.717) is 13.1 Å². The van der Waals surface area contributed by atoms with Gasteiger partial charge in [0, 0.05) is 0 Å². The molecule has 0 aliphatic rings. The topological polar surface area (TPSA) is 3.24 Å². The molecule has 1 unspecified atom stereocenters. The van der Waals surface area contributed by atoms with E-state index in [1.165, 1.54) is 6.08 Å². The first-order valence-electron chi connectivity index (χ1n) is 7.90. The van der Waals surface area contributed by atoms with E-state index in [1.54, 1.807) is 49.1 Å². The summed E-state index contributed by atoms with van der Waals surface area (Å²) in [5.74, 6) is -9.61. The second kappa shape index (κ2) is 8.25. The molecule has 25 heavy (non-hydrogen) atoms. The number of rotatable bonds is 6. The average Bonchev–Trinajstić information content (AvgIpc) is 2.64. The molecule has 0 bridgehead atoms. The van der Waals surface area contributed by atoms with Crippen LogP contribution in [-0.4, -0.2) is 18.0 Å². The molecule has 0 heterocycles. The molecule has 0 aliphatic heterocycles. The summed E-state index contributed by atoms with van der Waals surface area (Å²) in [6.07, 6.45) is 3.04. The van der Waals surface area contributed by atoms with E-state index >= 15 is 0 Å². The Hall–Kier alpha value is -2.21. The predicted molar refractivity (Wildman–Crippen MR) is 87.4 cm³/mol. The molecule has 2 aromatic rings. The number of nitrogens with zero attached hydrogens (tertiary/aromatic N) is 1. The van der Waals surface area contributed by atoms with Gasteiger partial charge in [0.1, 0.15) is 0 Å². The minimum Gasteiger partial charge on any atom is -0.293 e. The van der Waals surface area contributed by atoms with Gasteiger partial charge in [0.05, 0.1) is 11.6 Å². The van der Waals surface area contributed by atoms with Crippen LogP contribution in [0, 0.1) is 29.1 Å². The zero-order valence-electron chi connectivity index (χ0n) is 13.9. The fourth-order valence-electron chi connectivity index (χ4n) is 2.67. The van der Waals surface area contributed by atoms with Gasteiger partial charge in [0.25, 0.3) is 0 Å². The van der Waals surface area contributed by atoms with Crippen molar-refractivity contribution in [2.24, 2.45) is 0 Å². The number of hydrogen-bond acceptors (Lipinski definition) is 1. The first-order valence-corrected chi connectivity index (χ1v) is 7.90. The molecule has 2 rings (SSSR count). The van der Waals surface area contributed by atoms with Crippen LogP contribution in [0.15, 0.2) is 36.4 Å². The summed E-state index contributed by atoms with van der Waals surface area (Å²) < 4.78 is 69.0. The van der Waals surface area contributed by atoms with Crippen LogP contribution in [0.2, 0.25) is 0 Å². The number of benzene rings is 2. The van der Waals surface area contributed by atoms with Crippen LogP contribution < -0.4 is 0 Å². The van der Waals surface area contributed by atoms with Crippen molar-refractivity contribution in [1.29, 1.82) is 0 Å². The van der Waals surface area contributed by atoms with Crippen molar-refractivity contribution in [3.8, 4) is 0 Å². The fourth-order valence-corrected chi connectivity index (χ4v) is 2.67. The van der Waals surface area contributed by atoms with Crippen LogP contribution in [0.5, 0.6) is 0 Å². The zero-order valence-corrected chi connectivity index (χ0v) is 13.9. The van der Waals surface area contributed by atoms with Gasteiger partial charge in [-0.2, -0.15) is 0 Å². The van der Waals surface area contributed by atoms with Gasteiger partial charge in [0.15, 0.2) is 23.3 Å². The Morgan fingerprint density at radius 1 is 0.800 bits per heavy atom. The maximum absolute atomic E-state index is 14.2. The monoisotopic (exact) mass is 355 g/mol. The Morgan fingerprint density at radius 3 is 1.76 bits per heavy atom. The minimum absolute atomic E-state index is 0.375. The van der Waals surface area contributed by atoms with Gasteiger partial charge in [-0.25, -0.2) is 22.0 Å². The summed E-state index contributed by atoms with van der Waals surface area (Å²) >= 11 is 0. The third-order valence-electron chi connectivity index (χ3n) is 4.02. The molecule has 0 saturated heterocycles. The van der Waals surface area contributed by atoms with Gasteiger partial charge >= 0.3 is 0 Å². The van der Waals surface area contributed by atoms with Crippen molar-refractivity contribution in [1.82, 2.24) is 4.90 Å². The second-order valence-electron chi connectivity index (χ2n) is 5.42. The van der Waals surface area contributed by atoms with Gasteiger partial charge < -0.3 is 0 Å². The average molecular weight is 355 g/mol. The van der Waals surface area contributed by atoms with E-state index in [-0.39, 0.29) is 0 Å². The molecule has 0 spiro atoms. The third kappa shape index (κ3) is 3.90.